The summed E-state index contributed by atoms with van der Waals surface area (Å²) in [6.45, 7) is 2.12. The van der Waals surface area contributed by atoms with Gasteiger partial charge in [-0.2, -0.15) is 0 Å². The largest absolute Gasteiger partial charge is 0.323 e. The quantitative estimate of drug-likeness (QED) is 0.608. The highest BCUT2D eigenvalue weighted by atomic mass is 35.5. The molecule has 0 aliphatic carbocycles. The first kappa shape index (κ1) is 12.1. The van der Waals surface area contributed by atoms with Gasteiger partial charge in [-0.15, -0.1) is 0 Å². The zero-order chi connectivity index (χ0) is 13.2. The first-order chi connectivity index (χ1) is 9.24. The van der Waals surface area contributed by atoms with Crippen LogP contribution in [0.5, 0.6) is 0 Å². The number of rotatable bonds is 2. The first-order valence-corrected chi connectivity index (χ1v) is 6.62. The number of hydrogen-bond donors (Lipinski definition) is 0. The molecule has 0 radical (unpaired) electrons. The molecule has 3 rings (SSSR count). The average Bonchev–Trinajstić information content (AvgIpc) is 2.89. The summed E-state index contributed by atoms with van der Waals surface area (Å²) in [6, 6.07) is 18.4. The van der Waals surface area contributed by atoms with Gasteiger partial charge in [0.2, 0.25) is 0 Å². The summed E-state index contributed by atoms with van der Waals surface area (Å²) < 4.78 is 2.15. The lowest BCUT2D eigenvalue weighted by molar-refractivity contribution is 1.06. The fourth-order valence-electron chi connectivity index (χ4n) is 2.21. The maximum atomic E-state index is 5.92. The fourth-order valence-corrected chi connectivity index (χ4v) is 2.34. The molecule has 3 aromatic rings. The molecule has 0 unspecified atom stereocenters. The van der Waals surface area contributed by atoms with Crippen LogP contribution in [0.2, 0.25) is 5.02 Å². The molecule has 1 heterocycles. The predicted molar refractivity (Wildman–Crippen MR) is 81.0 cm³/mol. The van der Waals surface area contributed by atoms with Crippen LogP contribution >= 0.6 is 11.6 Å². The molecule has 0 fully saturated rings. The minimum absolute atomic E-state index is 0.766. The third-order valence-electron chi connectivity index (χ3n) is 3.26. The van der Waals surface area contributed by atoms with E-state index in [2.05, 4.69) is 54.2 Å². The molecule has 0 aliphatic heterocycles. The number of hydrogen-bond acceptors (Lipinski definition) is 0. The van der Waals surface area contributed by atoms with Gasteiger partial charge in [-0.1, -0.05) is 41.9 Å². The second kappa shape index (κ2) is 4.94. The molecule has 1 aromatic heterocycles. The van der Waals surface area contributed by atoms with Gasteiger partial charge < -0.3 is 4.57 Å². The van der Waals surface area contributed by atoms with Crippen molar-refractivity contribution < 1.29 is 0 Å². The average molecular weight is 268 g/mol. The third kappa shape index (κ3) is 2.42. The second-order valence-electron chi connectivity index (χ2n) is 4.60. The van der Waals surface area contributed by atoms with Gasteiger partial charge in [-0.05, 0) is 47.9 Å². The Hall–Kier alpha value is -1.99. The topological polar surface area (TPSA) is 4.93 Å². The molecule has 2 aromatic carbocycles. The van der Waals surface area contributed by atoms with Crippen LogP contribution in [0.25, 0.3) is 16.8 Å². The van der Waals surface area contributed by atoms with Crippen molar-refractivity contribution in [3.8, 4) is 16.8 Å². The Bertz CT molecular complexity index is 695. The molecule has 0 bridgehead atoms. The number of para-hydroxylation sites is 1. The van der Waals surface area contributed by atoms with Crippen molar-refractivity contribution in [2.75, 3.05) is 0 Å². The summed E-state index contributed by atoms with van der Waals surface area (Å²) in [5, 5.41) is 0.766. The van der Waals surface area contributed by atoms with Gasteiger partial charge in [0.05, 0.1) is 0 Å². The van der Waals surface area contributed by atoms with E-state index in [9.17, 15) is 0 Å². The zero-order valence-corrected chi connectivity index (χ0v) is 11.4. The van der Waals surface area contributed by atoms with Crippen molar-refractivity contribution >= 4 is 11.6 Å². The van der Waals surface area contributed by atoms with Crippen LogP contribution < -0.4 is 0 Å². The van der Waals surface area contributed by atoms with Crippen molar-refractivity contribution in [2.24, 2.45) is 0 Å². The number of nitrogens with zero attached hydrogens (tertiary/aromatic N) is 1. The van der Waals surface area contributed by atoms with E-state index >= 15 is 0 Å². The van der Waals surface area contributed by atoms with Gasteiger partial charge in [0.15, 0.2) is 0 Å². The van der Waals surface area contributed by atoms with Crippen LogP contribution in [0, 0.1) is 6.92 Å². The number of benzene rings is 2. The van der Waals surface area contributed by atoms with Gasteiger partial charge in [0.1, 0.15) is 0 Å². The Morgan fingerprint density at radius 2 is 1.58 bits per heavy atom. The lowest BCUT2D eigenvalue weighted by Crippen LogP contribution is -1.92. The fraction of sp³-hybridized carbons (Fsp3) is 0.0588. The Morgan fingerprint density at radius 3 is 2.32 bits per heavy atom. The number of aryl methyl sites for hydroxylation is 1. The summed E-state index contributed by atoms with van der Waals surface area (Å²) in [5.41, 5.74) is 4.85. The van der Waals surface area contributed by atoms with Gasteiger partial charge in [-0.25, -0.2) is 0 Å². The van der Waals surface area contributed by atoms with Crippen molar-refractivity contribution in [3.63, 3.8) is 0 Å². The van der Waals surface area contributed by atoms with E-state index in [1.54, 1.807) is 0 Å². The molecule has 2 heteroatoms. The molecule has 0 saturated heterocycles. The van der Waals surface area contributed by atoms with Crippen molar-refractivity contribution in [2.45, 2.75) is 6.92 Å². The van der Waals surface area contributed by atoms with Crippen molar-refractivity contribution in [3.05, 3.63) is 77.6 Å². The minimum atomic E-state index is 0.766. The van der Waals surface area contributed by atoms with Crippen LogP contribution in [0.15, 0.2) is 67.0 Å². The van der Waals surface area contributed by atoms with E-state index in [4.69, 9.17) is 11.6 Å². The normalized spacial score (nSPS) is 10.6. The summed E-state index contributed by atoms with van der Waals surface area (Å²) in [7, 11) is 0. The van der Waals surface area contributed by atoms with E-state index in [0.717, 1.165) is 5.02 Å². The van der Waals surface area contributed by atoms with Crippen LogP contribution in [0.3, 0.4) is 0 Å². The Kier molecular flexibility index (Phi) is 3.14. The van der Waals surface area contributed by atoms with E-state index in [-0.39, 0.29) is 0 Å². The summed E-state index contributed by atoms with van der Waals surface area (Å²) in [4.78, 5) is 0. The van der Waals surface area contributed by atoms with Gasteiger partial charge in [-0.3, -0.25) is 0 Å². The SMILES string of the molecule is Cc1ccccc1-n1ccc(-c2ccc(Cl)cc2)c1. The molecule has 1 nitrogen and oxygen atoms in total. The smallest absolute Gasteiger partial charge is 0.0478 e. The lowest BCUT2D eigenvalue weighted by atomic mass is 10.1. The van der Waals surface area contributed by atoms with Crippen LogP contribution in [0.4, 0.5) is 0 Å². The number of aromatic nitrogens is 1. The van der Waals surface area contributed by atoms with E-state index in [1.165, 1.54) is 22.4 Å². The second-order valence-corrected chi connectivity index (χ2v) is 5.04. The highest BCUT2D eigenvalue weighted by Gasteiger charge is 2.03. The molecule has 19 heavy (non-hydrogen) atoms. The summed E-state index contributed by atoms with van der Waals surface area (Å²) in [6.07, 6.45) is 4.23. The van der Waals surface area contributed by atoms with Gasteiger partial charge >= 0.3 is 0 Å². The van der Waals surface area contributed by atoms with Crippen molar-refractivity contribution in [1.82, 2.24) is 4.57 Å². The standard InChI is InChI=1S/C17H14ClN/c1-13-4-2-3-5-17(13)19-11-10-15(12-19)14-6-8-16(18)9-7-14/h2-12H,1H3. The highest BCUT2D eigenvalue weighted by molar-refractivity contribution is 6.30. The molecular weight excluding hydrogens is 254 g/mol. The summed E-state index contributed by atoms with van der Waals surface area (Å²) >= 11 is 5.92. The monoisotopic (exact) mass is 267 g/mol. The molecule has 94 valence electrons. The van der Waals surface area contributed by atoms with Gasteiger partial charge in [0, 0.05) is 23.1 Å². The molecular formula is C17H14ClN. The first-order valence-electron chi connectivity index (χ1n) is 6.24. The van der Waals surface area contributed by atoms with Gasteiger partial charge in [0.25, 0.3) is 0 Å². The molecule has 0 amide bonds. The maximum absolute atomic E-state index is 5.92. The predicted octanol–water partition coefficient (Wildman–Crippen LogP) is 5.11. The maximum Gasteiger partial charge on any atom is 0.0478 e. The van der Waals surface area contributed by atoms with Crippen LogP contribution in [-0.4, -0.2) is 4.57 Å². The molecule has 0 spiro atoms. The van der Waals surface area contributed by atoms with Crippen molar-refractivity contribution in [1.29, 1.82) is 0 Å². The summed E-state index contributed by atoms with van der Waals surface area (Å²) in [5.74, 6) is 0. The molecule has 0 aliphatic rings. The molecule has 0 saturated carbocycles. The Morgan fingerprint density at radius 1 is 0.842 bits per heavy atom. The lowest BCUT2D eigenvalue weighted by Gasteiger charge is -2.06. The minimum Gasteiger partial charge on any atom is -0.323 e. The van der Waals surface area contributed by atoms with E-state index in [0.29, 0.717) is 0 Å². The Labute approximate surface area is 118 Å². The number of halogens is 1. The zero-order valence-electron chi connectivity index (χ0n) is 10.7. The molecule has 0 N–H and O–H groups in total. The van der Waals surface area contributed by atoms with Crippen LogP contribution in [0.1, 0.15) is 5.56 Å². The van der Waals surface area contributed by atoms with Crippen LogP contribution in [-0.2, 0) is 0 Å². The van der Waals surface area contributed by atoms with E-state index in [1.807, 2.05) is 24.3 Å². The molecule has 0 atom stereocenters. The van der Waals surface area contributed by atoms with E-state index < -0.39 is 0 Å². The Balaban J connectivity index is 2.00. The third-order valence-corrected chi connectivity index (χ3v) is 3.52. The highest BCUT2D eigenvalue weighted by Crippen LogP contribution is 2.24.